The Kier molecular flexibility index (Phi) is 1.75. The average molecular weight is 235 g/mol. The molecule has 0 unspecified atom stereocenters. The summed E-state index contributed by atoms with van der Waals surface area (Å²) in [5.74, 6) is -1.02. The van der Waals surface area contributed by atoms with E-state index in [1.807, 2.05) is 0 Å². The smallest absolute Gasteiger partial charge is 0.335 e. The van der Waals surface area contributed by atoms with Gasteiger partial charge in [-0.15, -0.1) is 0 Å². The topological polar surface area (TPSA) is 66.8 Å². The molecule has 1 saturated heterocycles. The maximum absolute atomic E-state index is 10.7. The third-order valence-electron chi connectivity index (χ3n) is 2.17. The molecule has 0 aromatic rings. The minimum Gasteiger partial charge on any atom is -0.478 e. The van der Waals surface area contributed by atoms with Crippen molar-refractivity contribution in [1.29, 1.82) is 0 Å². The van der Waals surface area contributed by atoms with Crippen molar-refractivity contribution >= 4 is 21.9 Å². The summed E-state index contributed by atoms with van der Waals surface area (Å²) in [6.45, 7) is 0. The highest BCUT2D eigenvalue weighted by atomic mass is 79.9. The number of hydrogen-bond acceptors (Lipinski definition) is 3. The number of carboxylic acids is 1. The van der Waals surface area contributed by atoms with Crippen LogP contribution >= 0.6 is 15.9 Å². The fourth-order valence-electron chi connectivity index (χ4n) is 1.62. The van der Waals surface area contributed by atoms with Crippen LogP contribution in [0.1, 0.15) is 6.42 Å². The van der Waals surface area contributed by atoms with Crippen LogP contribution < -0.4 is 0 Å². The Bertz CT molecular complexity index is 273. The normalized spacial score (nSPS) is 39.3. The van der Waals surface area contributed by atoms with Crippen molar-refractivity contribution in [2.45, 2.75) is 24.7 Å². The Morgan fingerprint density at radius 3 is 2.75 bits per heavy atom. The van der Waals surface area contributed by atoms with Crippen molar-refractivity contribution in [3.63, 3.8) is 0 Å². The molecule has 0 aromatic heterocycles. The van der Waals surface area contributed by atoms with E-state index in [1.54, 1.807) is 0 Å². The SMILES string of the molecule is O=C(O)C1=C(Br)[C@@H]2C[C@@H](O)[C@H]1O2. The van der Waals surface area contributed by atoms with E-state index in [-0.39, 0.29) is 11.7 Å². The summed E-state index contributed by atoms with van der Waals surface area (Å²) >= 11 is 3.15. The van der Waals surface area contributed by atoms with Gasteiger partial charge in [-0.2, -0.15) is 0 Å². The highest BCUT2D eigenvalue weighted by Gasteiger charge is 2.48. The van der Waals surface area contributed by atoms with Crippen LogP contribution in [0.3, 0.4) is 0 Å². The van der Waals surface area contributed by atoms with Gasteiger partial charge in [0.25, 0.3) is 0 Å². The van der Waals surface area contributed by atoms with Crippen LogP contribution in [0.5, 0.6) is 0 Å². The van der Waals surface area contributed by atoms with E-state index in [9.17, 15) is 9.90 Å². The zero-order valence-electron chi connectivity index (χ0n) is 6.03. The first-order chi connectivity index (χ1) is 5.61. The number of carboxylic acid groups (broad SMARTS) is 1. The molecule has 2 bridgehead atoms. The van der Waals surface area contributed by atoms with Crippen molar-refractivity contribution < 1.29 is 19.7 Å². The Labute approximate surface area is 77.0 Å². The number of aliphatic hydroxyl groups excluding tert-OH is 1. The summed E-state index contributed by atoms with van der Waals surface area (Å²) in [4.78, 5) is 10.7. The van der Waals surface area contributed by atoms with E-state index < -0.39 is 18.2 Å². The van der Waals surface area contributed by atoms with Crippen molar-refractivity contribution in [2.24, 2.45) is 0 Å². The monoisotopic (exact) mass is 234 g/mol. The van der Waals surface area contributed by atoms with E-state index in [4.69, 9.17) is 9.84 Å². The van der Waals surface area contributed by atoms with Gasteiger partial charge in [-0.1, -0.05) is 15.9 Å². The number of halogens is 1. The van der Waals surface area contributed by atoms with Crippen LogP contribution in [-0.2, 0) is 9.53 Å². The summed E-state index contributed by atoms with van der Waals surface area (Å²) in [5.41, 5.74) is 0.166. The van der Waals surface area contributed by atoms with E-state index in [0.29, 0.717) is 10.9 Å². The standard InChI is InChI=1S/C7H7BrO4/c8-5-3-1-2(9)6(12-3)4(5)7(10)11/h2-3,6,9H,1H2,(H,10,11)/t2-,3+,6-/m1/s1. The Balaban J connectivity index is 2.38. The third-order valence-corrected chi connectivity index (χ3v) is 3.11. The quantitative estimate of drug-likeness (QED) is 0.683. The van der Waals surface area contributed by atoms with Crippen molar-refractivity contribution in [3.05, 3.63) is 10.1 Å². The van der Waals surface area contributed by atoms with Crippen LogP contribution in [0.15, 0.2) is 10.1 Å². The van der Waals surface area contributed by atoms with Gasteiger partial charge in [0.15, 0.2) is 0 Å². The predicted molar refractivity (Wildman–Crippen MR) is 42.9 cm³/mol. The lowest BCUT2D eigenvalue weighted by molar-refractivity contribution is -0.134. The molecular formula is C7H7BrO4. The first-order valence-electron chi connectivity index (χ1n) is 3.57. The maximum atomic E-state index is 10.7. The molecule has 0 spiro atoms. The van der Waals surface area contributed by atoms with Crippen LogP contribution in [0.25, 0.3) is 0 Å². The summed E-state index contributed by atoms with van der Waals surface area (Å²) in [5, 5.41) is 18.1. The van der Waals surface area contributed by atoms with Gasteiger partial charge in [0, 0.05) is 10.9 Å². The number of carbonyl (C=O) groups is 1. The minimum atomic E-state index is -1.02. The molecule has 2 heterocycles. The molecule has 5 heteroatoms. The second-order valence-corrected chi connectivity index (χ2v) is 3.77. The van der Waals surface area contributed by atoms with E-state index >= 15 is 0 Å². The van der Waals surface area contributed by atoms with Crippen molar-refractivity contribution in [3.8, 4) is 0 Å². The summed E-state index contributed by atoms with van der Waals surface area (Å²) in [6, 6.07) is 0. The van der Waals surface area contributed by atoms with Crippen molar-refractivity contribution in [2.75, 3.05) is 0 Å². The molecule has 2 aliphatic heterocycles. The van der Waals surface area contributed by atoms with Gasteiger partial charge in [-0.25, -0.2) is 4.79 Å². The largest absolute Gasteiger partial charge is 0.478 e. The Hall–Kier alpha value is -0.390. The lowest BCUT2D eigenvalue weighted by atomic mass is 9.97. The minimum absolute atomic E-state index is 0.166. The van der Waals surface area contributed by atoms with E-state index in [1.165, 1.54) is 0 Å². The molecule has 2 aliphatic rings. The zero-order chi connectivity index (χ0) is 8.88. The fraction of sp³-hybridized carbons (Fsp3) is 0.571. The molecule has 0 radical (unpaired) electrons. The number of hydrogen-bond donors (Lipinski definition) is 2. The predicted octanol–water partition coefficient (Wildman–Crippen LogP) is 0.252. The number of ether oxygens (including phenoxy) is 1. The molecule has 1 fully saturated rings. The van der Waals surface area contributed by atoms with Gasteiger partial charge in [-0.05, 0) is 0 Å². The van der Waals surface area contributed by atoms with Crippen LogP contribution in [-0.4, -0.2) is 34.5 Å². The molecule has 3 atom stereocenters. The van der Waals surface area contributed by atoms with Gasteiger partial charge >= 0.3 is 5.97 Å². The van der Waals surface area contributed by atoms with Crippen LogP contribution in [0.4, 0.5) is 0 Å². The third kappa shape index (κ3) is 0.935. The highest BCUT2D eigenvalue weighted by Crippen LogP contribution is 2.42. The lowest BCUT2D eigenvalue weighted by Crippen LogP contribution is -2.28. The molecule has 66 valence electrons. The second-order valence-electron chi connectivity index (χ2n) is 2.92. The molecule has 12 heavy (non-hydrogen) atoms. The van der Waals surface area contributed by atoms with Gasteiger partial charge in [-0.3, -0.25) is 0 Å². The fourth-order valence-corrected chi connectivity index (χ4v) is 2.31. The highest BCUT2D eigenvalue weighted by molar-refractivity contribution is 9.11. The molecule has 4 nitrogen and oxygen atoms in total. The van der Waals surface area contributed by atoms with Gasteiger partial charge in [0.2, 0.25) is 0 Å². The maximum Gasteiger partial charge on any atom is 0.335 e. The van der Waals surface area contributed by atoms with Crippen molar-refractivity contribution in [1.82, 2.24) is 0 Å². The average Bonchev–Trinajstić information content (AvgIpc) is 2.44. The molecule has 2 rings (SSSR count). The van der Waals surface area contributed by atoms with Crippen LogP contribution in [0, 0.1) is 0 Å². The molecule has 0 aromatic carbocycles. The number of aliphatic hydroxyl groups is 1. The summed E-state index contributed by atoms with van der Waals surface area (Å²) in [7, 11) is 0. The van der Waals surface area contributed by atoms with E-state index in [2.05, 4.69) is 15.9 Å². The van der Waals surface area contributed by atoms with Gasteiger partial charge in [0.1, 0.15) is 6.10 Å². The Morgan fingerprint density at radius 2 is 2.33 bits per heavy atom. The number of fused-ring (bicyclic) bond motifs is 2. The second kappa shape index (κ2) is 2.55. The van der Waals surface area contributed by atoms with Gasteiger partial charge in [0.05, 0.1) is 17.8 Å². The number of aliphatic carboxylic acids is 1. The molecule has 2 N–H and O–H groups in total. The summed E-state index contributed by atoms with van der Waals surface area (Å²) in [6.07, 6.45) is -1.07. The molecular weight excluding hydrogens is 228 g/mol. The molecule has 0 amide bonds. The zero-order valence-corrected chi connectivity index (χ0v) is 7.61. The van der Waals surface area contributed by atoms with Crippen LogP contribution in [0.2, 0.25) is 0 Å². The summed E-state index contributed by atoms with van der Waals surface area (Å²) < 4.78 is 5.79. The first-order valence-corrected chi connectivity index (χ1v) is 4.37. The lowest BCUT2D eigenvalue weighted by Gasteiger charge is -2.14. The first kappa shape index (κ1) is 8.22. The Morgan fingerprint density at radius 1 is 1.67 bits per heavy atom. The van der Waals surface area contributed by atoms with E-state index in [0.717, 1.165) is 0 Å². The number of rotatable bonds is 1. The molecule has 0 aliphatic carbocycles. The molecule has 0 saturated carbocycles. The van der Waals surface area contributed by atoms with Gasteiger partial charge < -0.3 is 14.9 Å².